The molecule has 3 aromatic rings. The van der Waals surface area contributed by atoms with Gasteiger partial charge in [-0.2, -0.15) is 4.31 Å². The van der Waals surface area contributed by atoms with Gasteiger partial charge < -0.3 is 9.64 Å². The summed E-state index contributed by atoms with van der Waals surface area (Å²) >= 11 is 0. The van der Waals surface area contributed by atoms with Gasteiger partial charge in [-0.1, -0.05) is 48.0 Å². The number of rotatable bonds is 5. The van der Waals surface area contributed by atoms with Crippen molar-refractivity contribution in [2.45, 2.75) is 31.0 Å². The Balaban J connectivity index is 1.81. The van der Waals surface area contributed by atoms with Crippen molar-refractivity contribution in [2.24, 2.45) is 0 Å². The fourth-order valence-corrected chi connectivity index (χ4v) is 5.70. The van der Waals surface area contributed by atoms with Crippen LogP contribution in [0.15, 0.2) is 83.8 Å². The molecule has 32 heavy (non-hydrogen) atoms. The normalized spacial score (nSPS) is 19.2. The Kier molecular flexibility index (Phi) is 6.04. The number of aryl methyl sites for hydroxylation is 1. The molecule has 3 aromatic carbocycles. The minimum absolute atomic E-state index is 0.200. The van der Waals surface area contributed by atoms with Gasteiger partial charge in [-0.3, -0.25) is 4.79 Å². The second-order valence-corrected chi connectivity index (χ2v) is 9.85. The Bertz CT molecular complexity index is 1190. The number of carbonyl (C=O) groups excluding carboxylic acids is 1. The van der Waals surface area contributed by atoms with Crippen LogP contribution in [-0.2, 0) is 10.0 Å². The molecule has 2 atom stereocenters. The maximum Gasteiger partial charge on any atom is 0.255 e. The summed E-state index contributed by atoms with van der Waals surface area (Å²) in [4.78, 5) is 15.4. The molecule has 6 nitrogen and oxygen atoms in total. The van der Waals surface area contributed by atoms with E-state index in [0.29, 0.717) is 16.9 Å². The lowest BCUT2D eigenvalue weighted by atomic mass is 10.1. The highest BCUT2D eigenvalue weighted by atomic mass is 32.2. The molecule has 1 aliphatic rings. The van der Waals surface area contributed by atoms with Crippen LogP contribution in [0, 0.1) is 6.92 Å². The molecule has 1 amide bonds. The molecule has 0 aliphatic carbocycles. The molecule has 0 spiro atoms. The van der Waals surface area contributed by atoms with Crippen LogP contribution in [0.1, 0.15) is 34.6 Å². The maximum atomic E-state index is 13.7. The second-order valence-electron chi connectivity index (χ2n) is 7.96. The van der Waals surface area contributed by atoms with Gasteiger partial charge >= 0.3 is 0 Å². The first-order valence-corrected chi connectivity index (χ1v) is 11.9. The third-order valence-corrected chi connectivity index (χ3v) is 7.59. The molecule has 0 aromatic heterocycles. The van der Waals surface area contributed by atoms with E-state index >= 15 is 0 Å². The van der Waals surface area contributed by atoms with E-state index in [2.05, 4.69) is 0 Å². The van der Waals surface area contributed by atoms with Crippen LogP contribution in [0.4, 0.5) is 0 Å². The Morgan fingerprint density at radius 3 is 2.16 bits per heavy atom. The zero-order valence-corrected chi connectivity index (χ0v) is 19.1. The first-order valence-electron chi connectivity index (χ1n) is 10.4. The molecule has 4 rings (SSSR count). The van der Waals surface area contributed by atoms with E-state index in [9.17, 15) is 13.2 Å². The standard InChI is InChI=1S/C25H26N2O4S/c1-18-9-15-23(16-10-18)32(29,30)26-17-19(2)27(25(28)21-7-5-4-6-8-21)24(26)20-11-13-22(31-3)14-12-20/h4-16,19,24H,17H2,1-3H3. The Morgan fingerprint density at radius 1 is 0.938 bits per heavy atom. The number of hydrogen-bond acceptors (Lipinski definition) is 4. The van der Waals surface area contributed by atoms with Crippen molar-refractivity contribution in [3.8, 4) is 5.75 Å². The summed E-state index contributed by atoms with van der Waals surface area (Å²) in [5.41, 5.74) is 2.20. The number of amides is 1. The Morgan fingerprint density at radius 2 is 1.56 bits per heavy atom. The van der Waals surface area contributed by atoms with Crippen LogP contribution in [0.2, 0.25) is 0 Å². The highest BCUT2D eigenvalue weighted by Gasteiger charge is 2.47. The van der Waals surface area contributed by atoms with Crippen molar-refractivity contribution < 1.29 is 17.9 Å². The lowest BCUT2D eigenvalue weighted by molar-refractivity contribution is 0.0640. The van der Waals surface area contributed by atoms with Crippen LogP contribution < -0.4 is 4.74 Å². The minimum atomic E-state index is -3.84. The van der Waals surface area contributed by atoms with Crippen LogP contribution >= 0.6 is 0 Å². The fourth-order valence-electron chi connectivity index (χ4n) is 4.05. The second kappa shape index (κ2) is 8.76. The smallest absolute Gasteiger partial charge is 0.255 e. The van der Waals surface area contributed by atoms with Gasteiger partial charge in [-0.15, -0.1) is 0 Å². The third kappa shape index (κ3) is 4.01. The number of benzene rings is 3. The van der Waals surface area contributed by atoms with Crippen molar-refractivity contribution in [1.29, 1.82) is 0 Å². The predicted molar refractivity (Wildman–Crippen MR) is 123 cm³/mol. The summed E-state index contributed by atoms with van der Waals surface area (Å²) in [6.07, 6.45) is -0.769. The topological polar surface area (TPSA) is 66.9 Å². The number of methoxy groups -OCH3 is 1. The van der Waals surface area contributed by atoms with E-state index in [0.717, 1.165) is 5.56 Å². The molecule has 166 valence electrons. The van der Waals surface area contributed by atoms with Crippen molar-refractivity contribution in [1.82, 2.24) is 9.21 Å². The minimum Gasteiger partial charge on any atom is -0.497 e. The molecule has 2 unspecified atom stereocenters. The predicted octanol–water partition coefficient (Wildman–Crippen LogP) is 4.24. The van der Waals surface area contributed by atoms with Gasteiger partial charge in [-0.05, 0) is 55.8 Å². The van der Waals surface area contributed by atoms with Crippen molar-refractivity contribution >= 4 is 15.9 Å². The largest absolute Gasteiger partial charge is 0.497 e. The zero-order valence-electron chi connectivity index (χ0n) is 18.3. The van der Waals surface area contributed by atoms with E-state index in [-0.39, 0.29) is 23.4 Å². The highest BCUT2D eigenvalue weighted by Crippen LogP contribution is 2.39. The summed E-state index contributed by atoms with van der Waals surface area (Å²) in [6.45, 7) is 3.99. The van der Waals surface area contributed by atoms with Gasteiger partial charge in [0, 0.05) is 18.2 Å². The molecule has 1 aliphatic heterocycles. The molecular formula is C25H26N2O4S. The number of carbonyl (C=O) groups is 1. The van der Waals surface area contributed by atoms with E-state index in [1.807, 2.05) is 32.0 Å². The molecule has 0 N–H and O–H groups in total. The van der Waals surface area contributed by atoms with Gasteiger partial charge in [-0.25, -0.2) is 8.42 Å². The van der Waals surface area contributed by atoms with Crippen LogP contribution in [0.25, 0.3) is 0 Å². The first kappa shape index (κ1) is 22.0. The molecular weight excluding hydrogens is 424 g/mol. The summed E-state index contributed by atoms with van der Waals surface area (Å²) in [6, 6.07) is 22.6. The average molecular weight is 451 g/mol. The summed E-state index contributed by atoms with van der Waals surface area (Å²) in [5.74, 6) is 0.453. The molecule has 1 heterocycles. The first-order chi connectivity index (χ1) is 15.3. The molecule has 1 fully saturated rings. The van der Waals surface area contributed by atoms with Gasteiger partial charge in [0.2, 0.25) is 10.0 Å². The number of ether oxygens (including phenoxy) is 1. The Hall–Kier alpha value is -3.16. The van der Waals surface area contributed by atoms with Gasteiger partial charge in [0.1, 0.15) is 11.9 Å². The van der Waals surface area contributed by atoms with E-state index in [1.54, 1.807) is 72.7 Å². The number of hydrogen-bond donors (Lipinski definition) is 0. The maximum absolute atomic E-state index is 13.7. The van der Waals surface area contributed by atoms with Crippen molar-refractivity contribution in [3.05, 3.63) is 95.6 Å². The number of sulfonamides is 1. The third-order valence-electron chi connectivity index (χ3n) is 5.75. The van der Waals surface area contributed by atoms with E-state index in [4.69, 9.17) is 4.74 Å². The Labute approximate surface area is 189 Å². The molecule has 7 heteroatoms. The zero-order chi connectivity index (χ0) is 22.9. The van der Waals surface area contributed by atoms with Crippen LogP contribution in [0.3, 0.4) is 0 Å². The van der Waals surface area contributed by atoms with Crippen molar-refractivity contribution in [2.75, 3.05) is 13.7 Å². The van der Waals surface area contributed by atoms with Gasteiger partial charge in [0.15, 0.2) is 0 Å². The summed E-state index contributed by atoms with van der Waals surface area (Å²) in [5, 5.41) is 0. The monoisotopic (exact) mass is 450 g/mol. The van der Waals surface area contributed by atoms with Gasteiger partial charge in [0.25, 0.3) is 5.91 Å². The molecule has 0 bridgehead atoms. The summed E-state index contributed by atoms with van der Waals surface area (Å²) < 4.78 is 34.0. The average Bonchev–Trinajstić information content (AvgIpc) is 3.17. The van der Waals surface area contributed by atoms with Crippen molar-refractivity contribution in [3.63, 3.8) is 0 Å². The van der Waals surface area contributed by atoms with Crippen LogP contribution in [-0.4, -0.2) is 43.2 Å². The van der Waals surface area contributed by atoms with Crippen LogP contribution in [0.5, 0.6) is 5.75 Å². The highest BCUT2D eigenvalue weighted by molar-refractivity contribution is 7.89. The van der Waals surface area contributed by atoms with E-state index in [1.165, 1.54) is 4.31 Å². The summed E-state index contributed by atoms with van der Waals surface area (Å²) in [7, 11) is -2.27. The quantitative estimate of drug-likeness (QED) is 0.583. The fraction of sp³-hybridized carbons (Fsp3) is 0.240. The molecule has 0 radical (unpaired) electrons. The SMILES string of the molecule is COc1ccc(C2N(C(=O)c3ccccc3)C(C)CN2S(=O)(=O)c2ccc(C)cc2)cc1. The van der Waals surface area contributed by atoms with E-state index < -0.39 is 16.2 Å². The molecule has 1 saturated heterocycles. The molecule has 0 saturated carbocycles. The number of nitrogens with zero attached hydrogens (tertiary/aromatic N) is 2. The van der Waals surface area contributed by atoms with Gasteiger partial charge in [0.05, 0.1) is 12.0 Å². The lowest BCUT2D eigenvalue weighted by Gasteiger charge is -2.31. The lowest BCUT2D eigenvalue weighted by Crippen LogP contribution is -2.39.